The van der Waals surface area contributed by atoms with Crippen LogP contribution in [0.25, 0.3) is 6.08 Å². The van der Waals surface area contributed by atoms with Crippen LogP contribution in [0.2, 0.25) is 0 Å². The maximum absolute atomic E-state index is 9.95. The molecule has 0 atom stereocenters. The number of nitrogens with one attached hydrogen (secondary N) is 1. The second kappa shape index (κ2) is 3.87. The van der Waals surface area contributed by atoms with E-state index in [1.807, 2.05) is 0 Å². The van der Waals surface area contributed by atoms with Gasteiger partial charge in [0.05, 0.1) is 22.7 Å². The highest BCUT2D eigenvalue weighted by Crippen LogP contribution is 2.08. The van der Waals surface area contributed by atoms with Gasteiger partial charge < -0.3 is 0 Å². The van der Waals surface area contributed by atoms with Crippen LogP contribution in [-0.4, -0.2) is 15.1 Å². The smallest absolute Gasteiger partial charge is 0.236 e. The lowest BCUT2D eigenvalue weighted by Crippen LogP contribution is -1.84. The number of nitrogens with zero attached hydrogens (tertiary/aromatic N) is 2. The van der Waals surface area contributed by atoms with E-state index in [1.165, 1.54) is 12.3 Å². The molecular weight excluding hydrogens is 182 g/mol. The highest BCUT2D eigenvalue weighted by molar-refractivity contribution is 6.17. The van der Waals surface area contributed by atoms with Gasteiger partial charge in [-0.1, -0.05) is 0 Å². The number of hydrogen-bond donors (Lipinski definition) is 1. The number of H-pyrrole nitrogens is 1. The second-order valence-electron chi connectivity index (χ2n) is 2.04. The number of halogens is 1. The minimum absolute atomic E-state index is 0.286. The molecule has 0 bridgehead atoms. The van der Waals surface area contributed by atoms with Gasteiger partial charge >= 0.3 is 0 Å². The summed E-state index contributed by atoms with van der Waals surface area (Å²) in [4.78, 5) is 9.40. The van der Waals surface area contributed by atoms with Gasteiger partial charge in [-0.2, -0.15) is 5.10 Å². The summed E-state index contributed by atoms with van der Waals surface area (Å²) in [6.07, 6.45) is 3.70. The Kier molecular flexibility index (Phi) is 2.82. The van der Waals surface area contributed by atoms with Crippen LogP contribution in [0.4, 0.5) is 0 Å². The first kappa shape index (κ1) is 8.73. The van der Waals surface area contributed by atoms with E-state index in [0.29, 0.717) is 5.69 Å². The number of aromatic nitrogens is 2. The van der Waals surface area contributed by atoms with Gasteiger partial charge in [-0.25, -0.2) is 0 Å². The second-order valence-corrected chi connectivity index (χ2v) is 2.31. The van der Waals surface area contributed by atoms with Crippen molar-refractivity contribution in [2.45, 2.75) is 5.88 Å². The van der Waals surface area contributed by atoms with Crippen molar-refractivity contribution in [2.24, 2.45) is 0 Å². The lowest BCUT2D eigenvalue weighted by molar-refractivity contribution is -0.401. The number of alkyl halides is 1. The van der Waals surface area contributed by atoms with Crippen molar-refractivity contribution in [3.05, 3.63) is 33.8 Å². The molecule has 1 aromatic heterocycles. The molecule has 1 aromatic rings. The van der Waals surface area contributed by atoms with Gasteiger partial charge in [0.1, 0.15) is 0 Å². The third-order valence-corrected chi connectivity index (χ3v) is 1.55. The zero-order chi connectivity index (χ0) is 8.97. The molecule has 0 saturated heterocycles. The van der Waals surface area contributed by atoms with Gasteiger partial charge in [-0.15, -0.1) is 11.6 Å². The van der Waals surface area contributed by atoms with Crippen LogP contribution in [0.3, 0.4) is 0 Å². The summed E-state index contributed by atoms with van der Waals surface area (Å²) >= 11 is 5.52. The van der Waals surface area contributed by atoms with Gasteiger partial charge in [-0.05, 0) is 0 Å². The van der Waals surface area contributed by atoms with Gasteiger partial charge in [0.2, 0.25) is 6.20 Å². The van der Waals surface area contributed by atoms with Crippen LogP contribution in [0, 0.1) is 10.1 Å². The molecule has 1 heterocycles. The lowest BCUT2D eigenvalue weighted by Gasteiger charge is -1.87. The summed E-state index contributed by atoms with van der Waals surface area (Å²) in [6.45, 7) is 0. The third kappa shape index (κ3) is 2.06. The fourth-order valence-corrected chi connectivity index (χ4v) is 0.920. The summed E-state index contributed by atoms with van der Waals surface area (Å²) in [5.41, 5.74) is 1.32. The SMILES string of the molecule is O=[N+]([O-])C=Cc1[nH]ncc1CCl. The Labute approximate surface area is 73.2 Å². The van der Waals surface area contributed by atoms with E-state index in [-0.39, 0.29) is 5.88 Å². The molecule has 0 aliphatic rings. The molecule has 0 aliphatic heterocycles. The Balaban J connectivity index is 2.81. The van der Waals surface area contributed by atoms with E-state index < -0.39 is 4.92 Å². The van der Waals surface area contributed by atoms with Crippen molar-refractivity contribution in [1.82, 2.24) is 10.2 Å². The van der Waals surface area contributed by atoms with E-state index in [1.54, 1.807) is 0 Å². The van der Waals surface area contributed by atoms with E-state index in [4.69, 9.17) is 11.6 Å². The molecule has 1 N–H and O–H groups in total. The van der Waals surface area contributed by atoms with Crippen LogP contribution in [0.1, 0.15) is 11.3 Å². The van der Waals surface area contributed by atoms with E-state index in [9.17, 15) is 10.1 Å². The number of rotatable bonds is 3. The topological polar surface area (TPSA) is 71.8 Å². The molecule has 64 valence electrons. The minimum atomic E-state index is -0.543. The summed E-state index contributed by atoms with van der Waals surface area (Å²) in [7, 11) is 0. The molecule has 0 aliphatic carbocycles. The Morgan fingerprint density at radius 1 is 1.83 bits per heavy atom. The molecule has 1 rings (SSSR count). The predicted molar refractivity (Wildman–Crippen MR) is 44.2 cm³/mol. The Hall–Kier alpha value is -1.36. The van der Waals surface area contributed by atoms with Crippen molar-refractivity contribution in [1.29, 1.82) is 0 Å². The molecule has 5 nitrogen and oxygen atoms in total. The number of nitro groups is 1. The summed E-state index contributed by atoms with van der Waals surface area (Å²) in [6, 6.07) is 0. The maximum atomic E-state index is 9.95. The quantitative estimate of drug-likeness (QED) is 0.442. The molecule has 0 saturated carbocycles. The van der Waals surface area contributed by atoms with Crippen LogP contribution in [-0.2, 0) is 5.88 Å². The van der Waals surface area contributed by atoms with Crippen molar-refractivity contribution in [3.63, 3.8) is 0 Å². The normalized spacial score (nSPS) is 10.8. The molecule has 0 spiro atoms. The molecular formula is C6H6ClN3O2. The zero-order valence-corrected chi connectivity index (χ0v) is 6.78. The molecule has 0 fully saturated rings. The minimum Gasteiger partial charge on any atom is -0.278 e. The maximum Gasteiger partial charge on any atom is 0.236 e. The van der Waals surface area contributed by atoms with Crippen molar-refractivity contribution < 1.29 is 4.92 Å². The van der Waals surface area contributed by atoms with Crippen LogP contribution in [0.15, 0.2) is 12.4 Å². The standard InChI is InChI=1S/C6H6ClN3O2/c7-3-5-4-8-9-6(5)1-2-10(11)12/h1-2,4H,3H2,(H,8,9). The highest BCUT2D eigenvalue weighted by atomic mass is 35.5. The van der Waals surface area contributed by atoms with E-state index in [2.05, 4.69) is 10.2 Å². The van der Waals surface area contributed by atoms with Crippen LogP contribution in [0.5, 0.6) is 0 Å². The fourth-order valence-electron chi connectivity index (χ4n) is 0.707. The average molecular weight is 188 g/mol. The lowest BCUT2D eigenvalue weighted by atomic mass is 10.3. The van der Waals surface area contributed by atoms with Gasteiger partial charge in [0, 0.05) is 11.6 Å². The summed E-state index contributed by atoms with van der Waals surface area (Å²) in [5, 5.41) is 16.2. The van der Waals surface area contributed by atoms with Gasteiger partial charge in [0.15, 0.2) is 0 Å². The van der Waals surface area contributed by atoms with Gasteiger partial charge in [0.25, 0.3) is 0 Å². The number of aromatic amines is 1. The summed E-state index contributed by atoms with van der Waals surface area (Å²) < 4.78 is 0. The van der Waals surface area contributed by atoms with E-state index >= 15 is 0 Å². The first-order chi connectivity index (χ1) is 5.74. The molecule has 0 amide bonds. The molecule has 0 unspecified atom stereocenters. The Morgan fingerprint density at radius 2 is 2.58 bits per heavy atom. The third-order valence-electron chi connectivity index (χ3n) is 1.26. The predicted octanol–water partition coefficient (Wildman–Crippen LogP) is 1.40. The first-order valence-electron chi connectivity index (χ1n) is 3.14. The van der Waals surface area contributed by atoms with Crippen LogP contribution >= 0.6 is 11.6 Å². The average Bonchev–Trinajstić information content (AvgIpc) is 2.47. The monoisotopic (exact) mass is 187 g/mol. The largest absolute Gasteiger partial charge is 0.278 e. The van der Waals surface area contributed by atoms with Gasteiger partial charge in [-0.3, -0.25) is 15.2 Å². The van der Waals surface area contributed by atoms with E-state index in [0.717, 1.165) is 11.8 Å². The molecule has 6 heteroatoms. The fraction of sp³-hybridized carbons (Fsp3) is 0.167. The van der Waals surface area contributed by atoms with Crippen LogP contribution < -0.4 is 0 Å². The zero-order valence-electron chi connectivity index (χ0n) is 6.03. The van der Waals surface area contributed by atoms with Crippen molar-refractivity contribution in [2.75, 3.05) is 0 Å². The molecule has 12 heavy (non-hydrogen) atoms. The Morgan fingerprint density at radius 3 is 3.17 bits per heavy atom. The van der Waals surface area contributed by atoms with Crippen molar-refractivity contribution in [3.8, 4) is 0 Å². The van der Waals surface area contributed by atoms with Crippen molar-refractivity contribution >= 4 is 17.7 Å². The Bertz CT molecular complexity index is 307. The summed E-state index contributed by atoms with van der Waals surface area (Å²) in [5.74, 6) is 0.286. The highest BCUT2D eigenvalue weighted by Gasteiger charge is 2.00. The first-order valence-corrected chi connectivity index (χ1v) is 3.67. The number of hydrogen-bond acceptors (Lipinski definition) is 3. The molecule has 0 radical (unpaired) electrons. The molecule has 0 aromatic carbocycles.